The largest absolute Gasteiger partial charge is 0.418 e. The number of carbonyl (C=O) groups is 2. The first kappa shape index (κ1) is 27.8. The molecule has 2 amide bonds. The molecule has 0 aliphatic carbocycles. The maximum atomic E-state index is 13.6. The third-order valence-corrected chi connectivity index (χ3v) is 7.58. The van der Waals surface area contributed by atoms with Crippen LogP contribution in [0.1, 0.15) is 34.6 Å². The van der Waals surface area contributed by atoms with Crippen molar-refractivity contribution in [3.63, 3.8) is 0 Å². The van der Waals surface area contributed by atoms with E-state index < -0.39 is 41.1 Å². The third kappa shape index (κ3) is 5.24. The molecule has 204 valence electrons. The molecule has 0 aliphatic heterocycles. The maximum Gasteiger partial charge on any atom is 0.418 e. The second kappa shape index (κ2) is 10.9. The topological polar surface area (TPSA) is 93.4 Å². The van der Waals surface area contributed by atoms with Gasteiger partial charge in [-0.3, -0.25) is 19.0 Å². The average molecular weight is 559 g/mol. The van der Waals surface area contributed by atoms with E-state index in [1.54, 1.807) is 42.2 Å². The van der Waals surface area contributed by atoms with E-state index in [4.69, 9.17) is 0 Å². The lowest BCUT2D eigenvalue weighted by Gasteiger charge is -2.17. The zero-order chi connectivity index (χ0) is 28.5. The van der Waals surface area contributed by atoms with Gasteiger partial charge in [0.05, 0.1) is 27.2 Å². The number of halogens is 3. The Kier molecular flexibility index (Phi) is 7.77. The first-order valence-corrected chi connectivity index (χ1v) is 12.9. The molecule has 0 saturated heterocycles. The highest BCUT2D eigenvalue weighted by molar-refractivity contribution is 7.20. The van der Waals surface area contributed by atoms with Gasteiger partial charge in [0, 0.05) is 13.1 Å². The highest BCUT2D eigenvalue weighted by atomic mass is 32.1. The van der Waals surface area contributed by atoms with Crippen LogP contribution < -0.4 is 16.6 Å². The van der Waals surface area contributed by atoms with Crippen molar-refractivity contribution in [2.45, 2.75) is 33.5 Å². The van der Waals surface area contributed by atoms with Gasteiger partial charge in [-0.15, -0.1) is 11.3 Å². The van der Waals surface area contributed by atoms with E-state index in [-0.39, 0.29) is 26.7 Å². The summed E-state index contributed by atoms with van der Waals surface area (Å²) in [5, 5.41) is 2.32. The van der Waals surface area contributed by atoms with Crippen molar-refractivity contribution < 1.29 is 22.8 Å². The molecule has 0 atom stereocenters. The van der Waals surface area contributed by atoms with E-state index in [1.165, 1.54) is 12.1 Å². The van der Waals surface area contributed by atoms with Gasteiger partial charge in [0.1, 0.15) is 11.4 Å². The Hall–Kier alpha value is -4.19. The average Bonchev–Trinajstić information content (AvgIpc) is 3.24. The van der Waals surface area contributed by atoms with E-state index in [0.717, 1.165) is 32.6 Å². The quantitative estimate of drug-likeness (QED) is 0.357. The molecule has 8 nitrogen and oxygen atoms in total. The minimum Gasteiger partial charge on any atom is -0.338 e. The van der Waals surface area contributed by atoms with Crippen LogP contribution in [0.5, 0.6) is 0 Å². The Morgan fingerprint density at radius 2 is 1.59 bits per heavy atom. The summed E-state index contributed by atoms with van der Waals surface area (Å²) < 4.78 is 42.3. The van der Waals surface area contributed by atoms with Gasteiger partial charge in [0.2, 0.25) is 5.91 Å². The number of alkyl halides is 3. The van der Waals surface area contributed by atoms with E-state index in [2.05, 4.69) is 5.32 Å². The summed E-state index contributed by atoms with van der Waals surface area (Å²) in [6, 6.07) is 12.5. The minimum absolute atomic E-state index is 0.0856. The Balaban J connectivity index is 1.90. The van der Waals surface area contributed by atoms with Crippen LogP contribution >= 0.6 is 11.3 Å². The van der Waals surface area contributed by atoms with Crippen LogP contribution in [-0.2, 0) is 17.5 Å². The molecular weight excluding hydrogens is 533 g/mol. The van der Waals surface area contributed by atoms with E-state index >= 15 is 0 Å². The molecule has 0 bridgehead atoms. The fourth-order valence-electron chi connectivity index (χ4n) is 4.32. The minimum atomic E-state index is -4.71. The second-order valence-corrected chi connectivity index (χ2v) is 9.65. The Bertz CT molecular complexity index is 1670. The smallest absolute Gasteiger partial charge is 0.338 e. The van der Waals surface area contributed by atoms with Gasteiger partial charge in [-0.1, -0.05) is 30.3 Å². The molecule has 0 unspecified atom stereocenters. The number of fused-ring (bicyclic) bond motifs is 1. The zero-order valence-electron chi connectivity index (χ0n) is 21.3. The summed E-state index contributed by atoms with van der Waals surface area (Å²) in [6.45, 7) is 5.38. The monoisotopic (exact) mass is 558 g/mol. The van der Waals surface area contributed by atoms with E-state index in [0.29, 0.717) is 18.7 Å². The van der Waals surface area contributed by atoms with Crippen molar-refractivity contribution in [2.75, 3.05) is 18.4 Å². The van der Waals surface area contributed by atoms with Crippen LogP contribution in [0.15, 0.2) is 64.2 Å². The molecule has 0 aliphatic rings. The number of nitrogens with one attached hydrogen (secondary N) is 1. The normalized spacial score (nSPS) is 11.5. The molecular formula is C27H25F3N4O4S. The van der Waals surface area contributed by atoms with Crippen LogP contribution in [0, 0.1) is 6.92 Å². The highest BCUT2D eigenvalue weighted by Crippen LogP contribution is 2.35. The summed E-state index contributed by atoms with van der Waals surface area (Å²) in [6.07, 6.45) is -4.71. The fraction of sp³-hybridized carbons (Fsp3) is 0.259. The number of aromatic nitrogens is 2. The number of benzene rings is 2. The number of amides is 2. The van der Waals surface area contributed by atoms with Gasteiger partial charge in [-0.05, 0) is 50.6 Å². The summed E-state index contributed by atoms with van der Waals surface area (Å²) in [5.41, 5.74) is -2.42. The molecule has 2 heterocycles. The van der Waals surface area contributed by atoms with Crippen molar-refractivity contribution >= 4 is 39.1 Å². The molecule has 0 saturated carbocycles. The Morgan fingerprint density at radius 1 is 0.974 bits per heavy atom. The first-order valence-electron chi connectivity index (χ1n) is 12.1. The lowest BCUT2D eigenvalue weighted by Crippen LogP contribution is -2.40. The molecule has 4 rings (SSSR count). The lowest BCUT2D eigenvalue weighted by atomic mass is 10.1. The number of hydrogen-bond acceptors (Lipinski definition) is 5. The molecule has 4 aromatic rings. The molecule has 0 radical (unpaired) electrons. The molecule has 12 heteroatoms. The van der Waals surface area contributed by atoms with Gasteiger partial charge in [-0.25, -0.2) is 9.36 Å². The van der Waals surface area contributed by atoms with Crippen LogP contribution in [0.3, 0.4) is 0 Å². The van der Waals surface area contributed by atoms with Crippen LogP contribution in [-0.4, -0.2) is 38.9 Å². The summed E-state index contributed by atoms with van der Waals surface area (Å²) in [4.78, 5) is 55.4. The van der Waals surface area contributed by atoms with Gasteiger partial charge >= 0.3 is 11.9 Å². The molecule has 0 spiro atoms. The van der Waals surface area contributed by atoms with Crippen molar-refractivity contribution in [2.24, 2.45) is 0 Å². The SMILES string of the molecule is CCN(CC)C(=O)c1sc2c(c1C)c(=O)n(-c1ccccc1)c(=O)n2CC(=O)Nc1ccccc1C(F)(F)F. The van der Waals surface area contributed by atoms with Gasteiger partial charge in [0.15, 0.2) is 0 Å². The number of hydrogen-bond donors (Lipinski definition) is 1. The number of aryl methyl sites for hydroxylation is 1. The first-order chi connectivity index (χ1) is 18.5. The van der Waals surface area contributed by atoms with Crippen molar-refractivity contribution in [3.8, 4) is 5.69 Å². The third-order valence-electron chi connectivity index (χ3n) is 6.28. The molecule has 2 aromatic heterocycles. The zero-order valence-corrected chi connectivity index (χ0v) is 22.2. The molecule has 0 fully saturated rings. The van der Waals surface area contributed by atoms with Crippen LogP contribution in [0.25, 0.3) is 15.9 Å². The number of para-hydroxylation sites is 2. The maximum absolute atomic E-state index is 13.6. The molecule has 39 heavy (non-hydrogen) atoms. The second-order valence-electron chi connectivity index (χ2n) is 8.65. The fourth-order valence-corrected chi connectivity index (χ4v) is 5.58. The van der Waals surface area contributed by atoms with Crippen LogP contribution in [0.2, 0.25) is 0 Å². The summed E-state index contributed by atoms with van der Waals surface area (Å²) in [7, 11) is 0. The van der Waals surface area contributed by atoms with E-state index in [1.807, 2.05) is 13.8 Å². The summed E-state index contributed by atoms with van der Waals surface area (Å²) >= 11 is 0.904. The van der Waals surface area contributed by atoms with Crippen LogP contribution in [0.4, 0.5) is 18.9 Å². The van der Waals surface area contributed by atoms with Gasteiger partial charge in [-0.2, -0.15) is 13.2 Å². The van der Waals surface area contributed by atoms with Crippen molar-refractivity contribution in [1.82, 2.24) is 14.0 Å². The number of rotatable bonds is 7. The molecule has 1 N–H and O–H groups in total. The molecule has 2 aromatic carbocycles. The van der Waals surface area contributed by atoms with Gasteiger partial charge in [0.25, 0.3) is 11.5 Å². The number of carbonyl (C=O) groups excluding carboxylic acids is 2. The van der Waals surface area contributed by atoms with Crippen molar-refractivity contribution in [1.29, 1.82) is 0 Å². The number of nitrogens with zero attached hydrogens (tertiary/aromatic N) is 3. The van der Waals surface area contributed by atoms with Gasteiger partial charge < -0.3 is 10.2 Å². The highest BCUT2D eigenvalue weighted by Gasteiger charge is 2.34. The number of thiophene rings is 1. The Labute approximate surface area is 224 Å². The van der Waals surface area contributed by atoms with Crippen molar-refractivity contribution in [3.05, 3.63) is 91.4 Å². The lowest BCUT2D eigenvalue weighted by molar-refractivity contribution is -0.137. The van der Waals surface area contributed by atoms with E-state index in [9.17, 15) is 32.3 Å². The standard InChI is InChI=1S/C27H25F3N4O4S/c1-4-32(5-2)24(37)22-16(3)21-23(36)34(17-11-7-6-8-12-17)26(38)33(25(21)39-22)15-20(35)31-19-14-10-9-13-18(19)27(28,29)30/h6-14H,4-5,15H2,1-3H3,(H,31,35). The number of anilines is 1. The predicted molar refractivity (Wildman–Crippen MR) is 144 cm³/mol. The summed E-state index contributed by atoms with van der Waals surface area (Å²) in [5.74, 6) is -1.23. The predicted octanol–water partition coefficient (Wildman–Crippen LogP) is 4.66. The Morgan fingerprint density at radius 3 is 2.21 bits per heavy atom.